The molecule has 98 valence electrons. The summed E-state index contributed by atoms with van der Waals surface area (Å²) < 4.78 is 4.95. The molecule has 0 fully saturated rings. The highest BCUT2D eigenvalue weighted by Crippen LogP contribution is 2.23. The predicted octanol–water partition coefficient (Wildman–Crippen LogP) is 1.88. The molecule has 0 aromatic heterocycles. The molecule has 0 spiro atoms. The van der Waals surface area contributed by atoms with Gasteiger partial charge in [0.1, 0.15) is 0 Å². The predicted molar refractivity (Wildman–Crippen MR) is 68.2 cm³/mol. The van der Waals surface area contributed by atoms with Crippen molar-refractivity contribution >= 4 is 17.7 Å². The van der Waals surface area contributed by atoms with E-state index in [1.165, 1.54) is 12.1 Å². The average Bonchev–Trinajstić information content (AvgIpc) is 2.37. The molecule has 0 N–H and O–H groups in total. The van der Waals surface area contributed by atoms with Gasteiger partial charge in [-0.1, -0.05) is 0 Å². The maximum atomic E-state index is 10.8. The van der Waals surface area contributed by atoms with Gasteiger partial charge in [0, 0.05) is 39.1 Å². The van der Waals surface area contributed by atoms with E-state index in [2.05, 4.69) is 0 Å². The van der Waals surface area contributed by atoms with E-state index in [4.69, 9.17) is 4.74 Å². The Kier molecular flexibility index (Phi) is 5.26. The molecule has 0 saturated carbocycles. The lowest BCUT2D eigenvalue weighted by molar-refractivity contribution is -0.385. The van der Waals surface area contributed by atoms with Crippen LogP contribution in [0.1, 0.15) is 16.8 Å². The fourth-order valence-electron chi connectivity index (χ4n) is 1.62. The Labute approximate surface area is 105 Å². The monoisotopic (exact) mass is 252 g/mol. The molecule has 0 saturated heterocycles. The highest BCUT2D eigenvalue weighted by atomic mass is 16.6. The molecule has 1 rings (SSSR count). The van der Waals surface area contributed by atoms with Gasteiger partial charge < -0.3 is 9.64 Å². The molecule has 6 heteroatoms. The largest absolute Gasteiger partial charge is 0.385 e. The van der Waals surface area contributed by atoms with Crippen molar-refractivity contribution in [2.24, 2.45) is 0 Å². The number of carbonyl (C=O) groups excluding carboxylic acids is 1. The molecule has 0 aliphatic carbocycles. The van der Waals surface area contributed by atoms with Crippen LogP contribution in [0.3, 0.4) is 0 Å². The van der Waals surface area contributed by atoms with Crippen molar-refractivity contribution < 1.29 is 14.5 Å². The third-order valence-electron chi connectivity index (χ3n) is 2.62. The third-order valence-corrected chi connectivity index (χ3v) is 2.62. The maximum absolute atomic E-state index is 10.8. The molecule has 0 amide bonds. The van der Waals surface area contributed by atoms with Gasteiger partial charge in [-0.05, 0) is 18.6 Å². The van der Waals surface area contributed by atoms with E-state index in [0.29, 0.717) is 12.9 Å². The first kappa shape index (κ1) is 14.1. The third kappa shape index (κ3) is 3.53. The zero-order valence-corrected chi connectivity index (χ0v) is 10.5. The van der Waals surface area contributed by atoms with Crippen LogP contribution in [-0.2, 0) is 4.74 Å². The fraction of sp³-hybridized carbons (Fsp3) is 0.417. The summed E-state index contributed by atoms with van der Waals surface area (Å²) >= 11 is 0. The van der Waals surface area contributed by atoms with E-state index < -0.39 is 4.92 Å². The van der Waals surface area contributed by atoms with Crippen LogP contribution in [0, 0.1) is 10.1 Å². The second kappa shape index (κ2) is 6.70. The topological polar surface area (TPSA) is 72.7 Å². The molecule has 0 radical (unpaired) electrons. The lowest BCUT2D eigenvalue weighted by Crippen LogP contribution is -2.19. The molecule has 0 aliphatic rings. The second-order valence-corrected chi connectivity index (χ2v) is 3.89. The number of methoxy groups -OCH3 is 1. The zero-order chi connectivity index (χ0) is 13.5. The normalized spacial score (nSPS) is 10.1. The molecule has 18 heavy (non-hydrogen) atoms. The fourth-order valence-corrected chi connectivity index (χ4v) is 1.62. The Morgan fingerprint density at radius 2 is 2.22 bits per heavy atom. The highest BCUT2D eigenvalue weighted by molar-refractivity contribution is 5.83. The Bertz CT molecular complexity index is 434. The van der Waals surface area contributed by atoms with Crippen LogP contribution in [0.25, 0.3) is 0 Å². The smallest absolute Gasteiger partial charge is 0.280 e. The van der Waals surface area contributed by atoms with E-state index >= 15 is 0 Å². The molecule has 1 aromatic carbocycles. The lowest BCUT2D eigenvalue weighted by atomic mass is 10.1. The summed E-state index contributed by atoms with van der Waals surface area (Å²) in [4.78, 5) is 22.9. The Morgan fingerprint density at radius 3 is 2.78 bits per heavy atom. The molecule has 6 nitrogen and oxygen atoms in total. The van der Waals surface area contributed by atoms with Gasteiger partial charge in [0.25, 0.3) is 5.69 Å². The molecule has 0 heterocycles. The number of anilines is 1. The number of hydrogen-bond donors (Lipinski definition) is 0. The quantitative estimate of drug-likeness (QED) is 0.320. The summed E-state index contributed by atoms with van der Waals surface area (Å²) in [7, 11) is 3.50. The van der Waals surface area contributed by atoms with Crippen molar-refractivity contribution in [2.75, 3.05) is 32.2 Å². The molecule has 0 atom stereocenters. The van der Waals surface area contributed by atoms with Crippen LogP contribution in [0.5, 0.6) is 0 Å². The summed E-state index contributed by atoms with van der Waals surface area (Å²) in [6, 6.07) is 4.52. The molecule has 0 bridgehead atoms. The van der Waals surface area contributed by atoms with Gasteiger partial charge in [0.2, 0.25) is 0 Å². The molecular formula is C12H16N2O4. The minimum Gasteiger partial charge on any atom is -0.385 e. The van der Waals surface area contributed by atoms with E-state index in [1.54, 1.807) is 13.2 Å². The minimum absolute atomic E-state index is 0.0936. The van der Waals surface area contributed by atoms with E-state index in [0.717, 1.165) is 18.7 Å². The van der Waals surface area contributed by atoms with Crippen LogP contribution in [-0.4, -0.2) is 38.5 Å². The highest BCUT2D eigenvalue weighted by Gasteiger charge is 2.14. The van der Waals surface area contributed by atoms with Gasteiger partial charge in [-0.15, -0.1) is 0 Å². The standard InChI is InChI=1S/C12H16N2O4/c1-13(6-3-7-18-2)11-4-5-12(14(16)17)10(8-11)9-15/h4-5,8-9H,3,6-7H2,1-2H3. The number of ether oxygens (including phenoxy) is 1. The first-order valence-corrected chi connectivity index (χ1v) is 5.54. The van der Waals surface area contributed by atoms with Crippen LogP contribution in [0.15, 0.2) is 18.2 Å². The van der Waals surface area contributed by atoms with Crippen molar-refractivity contribution in [3.05, 3.63) is 33.9 Å². The maximum Gasteiger partial charge on any atom is 0.280 e. The summed E-state index contributed by atoms with van der Waals surface area (Å²) in [5, 5.41) is 10.7. The second-order valence-electron chi connectivity index (χ2n) is 3.89. The van der Waals surface area contributed by atoms with Gasteiger partial charge in [0.05, 0.1) is 10.5 Å². The first-order valence-electron chi connectivity index (χ1n) is 5.54. The Balaban J connectivity index is 2.84. The number of hydrogen-bond acceptors (Lipinski definition) is 5. The summed E-state index contributed by atoms with van der Waals surface area (Å²) in [5.74, 6) is 0. The van der Waals surface area contributed by atoms with E-state index in [-0.39, 0.29) is 11.3 Å². The SMILES string of the molecule is COCCCN(C)c1ccc([N+](=O)[O-])c(C=O)c1. The zero-order valence-electron chi connectivity index (χ0n) is 10.5. The van der Waals surface area contributed by atoms with Gasteiger partial charge in [-0.25, -0.2) is 0 Å². The molecule has 1 aromatic rings. The average molecular weight is 252 g/mol. The summed E-state index contributed by atoms with van der Waals surface area (Å²) in [6.45, 7) is 1.40. The van der Waals surface area contributed by atoms with Crippen LogP contribution < -0.4 is 4.90 Å². The van der Waals surface area contributed by atoms with Crippen molar-refractivity contribution in [3.63, 3.8) is 0 Å². The summed E-state index contributed by atoms with van der Waals surface area (Å²) in [6.07, 6.45) is 1.35. The van der Waals surface area contributed by atoms with Crippen molar-refractivity contribution in [1.29, 1.82) is 0 Å². The van der Waals surface area contributed by atoms with Crippen molar-refractivity contribution in [1.82, 2.24) is 0 Å². The number of aldehydes is 1. The van der Waals surface area contributed by atoms with Gasteiger partial charge in [-0.2, -0.15) is 0 Å². The molecule has 0 aliphatic heterocycles. The molecule has 0 unspecified atom stereocenters. The number of nitrogens with zero attached hydrogens (tertiary/aromatic N) is 2. The van der Waals surface area contributed by atoms with Gasteiger partial charge in [-0.3, -0.25) is 14.9 Å². The van der Waals surface area contributed by atoms with Crippen LogP contribution in [0.4, 0.5) is 11.4 Å². The van der Waals surface area contributed by atoms with Crippen LogP contribution in [0.2, 0.25) is 0 Å². The van der Waals surface area contributed by atoms with Crippen molar-refractivity contribution in [3.8, 4) is 0 Å². The minimum atomic E-state index is -0.557. The Morgan fingerprint density at radius 1 is 1.50 bits per heavy atom. The summed E-state index contributed by atoms with van der Waals surface area (Å²) in [5.41, 5.74) is 0.703. The van der Waals surface area contributed by atoms with Gasteiger partial charge >= 0.3 is 0 Å². The van der Waals surface area contributed by atoms with E-state index in [1.807, 2.05) is 11.9 Å². The van der Waals surface area contributed by atoms with Gasteiger partial charge in [0.15, 0.2) is 6.29 Å². The first-order chi connectivity index (χ1) is 8.60. The number of benzene rings is 1. The number of carbonyl (C=O) groups is 1. The van der Waals surface area contributed by atoms with Crippen molar-refractivity contribution in [2.45, 2.75) is 6.42 Å². The molecular weight excluding hydrogens is 236 g/mol. The number of rotatable bonds is 7. The van der Waals surface area contributed by atoms with Crippen LogP contribution >= 0.6 is 0 Å². The Hall–Kier alpha value is -1.95. The number of nitro benzene ring substituents is 1. The lowest BCUT2D eigenvalue weighted by Gasteiger charge is -2.19. The number of nitro groups is 1. The van der Waals surface area contributed by atoms with E-state index in [9.17, 15) is 14.9 Å².